The number of pyridine rings is 1. The van der Waals surface area contributed by atoms with Crippen LogP contribution in [-0.4, -0.2) is 15.0 Å². The summed E-state index contributed by atoms with van der Waals surface area (Å²) >= 11 is 0. The fourth-order valence-electron chi connectivity index (χ4n) is 2.04. The van der Waals surface area contributed by atoms with Gasteiger partial charge in [-0.3, -0.25) is 4.98 Å². The van der Waals surface area contributed by atoms with Crippen LogP contribution in [0.2, 0.25) is 0 Å². The molecule has 2 heterocycles. The monoisotopic (exact) mass is 269 g/mol. The van der Waals surface area contributed by atoms with Crippen LogP contribution in [0.25, 0.3) is 11.2 Å². The van der Waals surface area contributed by atoms with Crippen LogP contribution in [0.1, 0.15) is 25.3 Å². The number of H-pyrrole nitrogens is 2. The van der Waals surface area contributed by atoms with E-state index < -0.39 is 0 Å². The molecule has 0 amide bonds. The predicted molar refractivity (Wildman–Crippen MR) is 77.3 cm³/mol. The van der Waals surface area contributed by atoms with Gasteiger partial charge in [0.2, 0.25) is 0 Å². The Morgan fingerprint density at radius 2 is 1.85 bits per heavy atom. The van der Waals surface area contributed by atoms with Gasteiger partial charge in [0.1, 0.15) is 11.3 Å². The van der Waals surface area contributed by atoms with E-state index in [1.807, 2.05) is 24.3 Å². The van der Waals surface area contributed by atoms with E-state index >= 15 is 0 Å². The molecule has 0 bridgehead atoms. The molecule has 5 nitrogen and oxygen atoms in total. The molecule has 20 heavy (non-hydrogen) atoms. The number of nitrogens with zero attached hydrogens (tertiary/aromatic N) is 1. The summed E-state index contributed by atoms with van der Waals surface area (Å²) in [6.45, 7) is 4.29. The summed E-state index contributed by atoms with van der Waals surface area (Å²) in [5, 5.41) is 0. The molecule has 0 saturated heterocycles. The molecule has 0 aliphatic rings. The SMILES string of the molecule is CC(C)c1ccc(Oc2ccnc3[nH]c(=O)[nH]c23)cc1. The van der Waals surface area contributed by atoms with Crippen LogP contribution in [-0.2, 0) is 0 Å². The molecule has 0 fully saturated rings. The topological polar surface area (TPSA) is 70.8 Å². The van der Waals surface area contributed by atoms with Gasteiger partial charge in [-0.05, 0) is 23.6 Å². The fourth-order valence-corrected chi connectivity index (χ4v) is 2.04. The van der Waals surface area contributed by atoms with Crippen molar-refractivity contribution >= 4 is 11.2 Å². The summed E-state index contributed by atoms with van der Waals surface area (Å²) in [6, 6.07) is 9.65. The highest BCUT2D eigenvalue weighted by Gasteiger charge is 2.08. The standard InChI is InChI=1S/C15H15N3O2/c1-9(2)10-3-5-11(6-4-10)20-12-7-8-16-14-13(12)17-15(19)18-14/h3-9H,1-2H3,(H2,16,17,18,19). The molecule has 2 N–H and O–H groups in total. The van der Waals surface area contributed by atoms with Gasteiger partial charge in [0.05, 0.1) is 0 Å². The minimum absolute atomic E-state index is 0.293. The largest absolute Gasteiger partial charge is 0.455 e. The first kappa shape index (κ1) is 12.5. The summed E-state index contributed by atoms with van der Waals surface area (Å²) in [6.07, 6.45) is 1.60. The van der Waals surface area contributed by atoms with Crippen LogP contribution in [0.3, 0.4) is 0 Å². The number of aromatic nitrogens is 3. The summed E-state index contributed by atoms with van der Waals surface area (Å²) in [7, 11) is 0. The first-order chi connectivity index (χ1) is 9.63. The molecule has 0 aliphatic carbocycles. The molecular weight excluding hydrogens is 254 g/mol. The highest BCUT2D eigenvalue weighted by molar-refractivity contribution is 5.77. The maximum absolute atomic E-state index is 11.3. The average molecular weight is 269 g/mol. The molecule has 0 radical (unpaired) electrons. The zero-order valence-electron chi connectivity index (χ0n) is 11.3. The lowest BCUT2D eigenvalue weighted by atomic mass is 10.0. The maximum atomic E-state index is 11.3. The van der Waals surface area contributed by atoms with Crippen molar-refractivity contribution in [3.63, 3.8) is 0 Å². The number of fused-ring (bicyclic) bond motifs is 1. The van der Waals surface area contributed by atoms with Crippen LogP contribution in [0.5, 0.6) is 11.5 Å². The number of nitrogens with one attached hydrogen (secondary N) is 2. The smallest absolute Gasteiger partial charge is 0.325 e. The van der Waals surface area contributed by atoms with Crippen molar-refractivity contribution in [2.45, 2.75) is 19.8 Å². The number of benzene rings is 1. The van der Waals surface area contributed by atoms with Crippen molar-refractivity contribution in [3.05, 3.63) is 52.6 Å². The zero-order valence-corrected chi connectivity index (χ0v) is 11.3. The average Bonchev–Trinajstić information content (AvgIpc) is 2.81. The highest BCUT2D eigenvalue weighted by Crippen LogP contribution is 2.27. The lowest BCUT2D eigenvalue weighted by Gasteiger charge is -2.08. The van der Waals surface area contributed by atoms with Crippen LogP contribution in [0.15, 0.2) is 41.3 Å². The summed E-state index contributed by atoms with van der Waals surface area (Å²) in [5.74, 6) is 1.78. The van der Waals surface area contributed by atoms with Gasteiger partial charge in [0.15, 0.2) is 11.4 Å². The number of ether oxygens (including phenoxy) is 1. The number of imidazole rings is 1. The second kappa shape index (κ2) is 4.85. The number of hydrogen-bond donors (Lipinski definition) is 2. The van der Waals surface area contributed by atoms with Crippen LogP contribution < -0.4 is 10.4 Å². The van der Waals surface area contributed by atoms with Crippen molar-refractivity contribution < 1.29 is 4.74 Å². The molecule has 0 spiro atoms. The molecule has 0 atom stereocenters. The normalized spacial score (nSPS) is 11.2. The molecule has 3 rings (SSSR count). The summed E-state index contributed by atoms with van der Waals surface area (Å²) in [4.78, 5) is 20.7. The van der Waals surface area contributed by atoms with E-state index in [0.29, 0.717) is 22.8 Å². The van der Waals surface area contributed by atoms with Crippen molar-refractivity contribution in [3.8, 4) is 11.5 Å². The van der Waals surface area contributed by atoms with Gasteiger partial charge in [-0.25, -0.2) is 9.78 Å². The maximum Gasteiger partial charge on any atom is 0.325 e. The summed E-state index contributed by atoms with van der Waals surface area (Å²) in [5.41, 5.74) is 2.03. The van der Waals surface area contributed by atoms with Crippen LogP contribution in [0, 0.1) is 0 Å². The Labute approximate surface area is 115 Å². The molecule has 102 valence electrons. The predicted octanol–water partition coefficient (Wildman–Crippen LogP) is 3.17. The van der Waals surface area contributed by atoms with E-state index in [1.54, 1.807) is 12.3 Å². The minimum Gasteiger partial charge on any atom is -0.455 e. The Balaban J connectivity index is 1.94. The van der Waals surface area contributed by atoms with E-state index in [1.165, 1.54) is 5.56 Å². The third kappa shape index (κ3) is 2.30. The fraction of sp³-hybridized carbons (Fsp3) is 0.200. The number of hydrogen-bond acceptors (Lipinski definition) is 3. The van der Waals surface area contributed by atoms with Crippen molar-refractivity contribution in [1.29, 1.82) is 0 Å². The molecule has 1 aromatic carbocycles. The molecule has 5 heteroatoms. The Morgan fingerprint density at radius 1 is 1.10 bits per heavy atom. The van der Waals surface area contributed by atoms with Gasteiger partial charge in [-0.15, -0.1) is 0 Å². The van der Waals surface area contributed by atoms with Crippen molar-refractivity contribution in [2.24, 2.45) is 0 Å². The Morgan fingerprint density at radius 3 is 2.55 bits per heavy atom. The molecule has 0 saturated carbocycles. The van der Waals surface area contributed by atoms with Gasteiger partial charge in [-0.1, -0.05) is 26.0 Å². The summed E-state index contributed by atoms with van der Waals surface area (Å²) < 4.78 is 5.81. The molecular formula is C15H15N3O2. The van der Waals surface area contributed by atoms with E-state index in [4.69, 9.17) is 4.74 Å². The van der Waals surface area contributed by atoms with Gasteiger partial charge in [-0.2, -0.15) is 0 Å². The molecule has 2 aromatic heterocycles. The lowest BCUT2D eigenvalue weighted by Crippen LogP contribution is -1.99. The van der Waals surface area contributed by atoms with Crippen LogP contribution >= 0.6 is 0 Å². The van der Waals surface area contributed by atoms with E-state index in [2.05, 4.69) is 28.8 Å². The molecule has 0 aliphatic heterocycles. The quantitative estimate of drug-likeness (QED) is 0.767. The van der Waals surface area contributed by atoms with Gasteiger partial charge in [0.25, 0.3) is 0 Å². The Bertz CT molecular complexity index is 785. The van der Waals surface area contributed by atoms with Crippen molar-refractivity contribution in [2.75, 3.05) is 0 Å². The minimum atomic E-state index is -0.293. The Kier molecular flexibility index (Phi) is 3.02. The number of rotatable bonds is 3. The zero-order chi connectivity index (χ0) is 14.1. The second-order valence-electron chi connectivity index (χ2n) is 4.94. The first-order valence-electron chi connectivity index (χ1n) is 6.48. The van der Waals surface area contributed by atoms with Gasteiger partial charge >= 0.3 is 5.69 Å². The Hall–Kier alpha value is -2.56. The highest BCUT2D eigenvalue weighted by atomic mass is 16.5. The lowest BCUT2D eigenvalue weighted by molar-refractivity contribution is 0.486. The third-order valence-electron chi connectivity index (χ3n) is 3.16. The first-order valence-corrected chi connectivity index (χ1v) is 6.48. The van der Waals surface area contributed by atoms with Crippen molar-refractivity contribution in [1.82, 2.24) is 15.0 Å². The van der Waals surface area contributed by atoms with E-state index in [9.17, 15) is 4.79 Å². The van der Waals surface area contributed by atoms with E-state index in [-0.39, 0.29) is 5.69 Å². The molecule has 0 unspecified atom stereocenters. The van der Waals surface area contributed by atoms with Gasteiger partial charge in [0, 0.05) is 12.3 Å². The molecule has 3 aromatic rings. The van der Waals surface area contributed by atoms with Gasteiger partial charge < -0.3 is 9.72 Å². The number of aromatic amines is 2. The third-order valence-corrected chi connectivity index (χ3v) is 3.16. The van der Waals surface area contributed by atoms with E-state index in [0.717, 1.165) is 5.75 Å². The second-order valence-corrected chi connectivity index (χ2v) is 4.94. The van der Waals surface area contributed by atoms with Crippen LogP contribution in [0.4, 0.5) is 0 Å².